The van der Waals surface area contributed by atoms with Crippen molar-refractivity contribution >= 4 is 16.7 Å². The van der Waals surface area contributed by atoms with E-state index in [1.54, 1.807) is 0 Å². The fourth-order valence-corrected chi connectivity index (χ4v) is 2.78. The van der Waals surface area contributed by atoms with E-state index in [0.717, 1.165) is 31.0 Å². The summed E-state index contributed by atoms with van der Waals surface area (Å²) in [6, 6.07) is 11.1. The molecule has 0 atom stereocenters. The highest BCUT2D eigenvalue weighted by atomic mass is 16.3. The number of nitrogens with zero attached hydrogens (tertiary/aromatic N) is 2. The van der Waals surface area contributed by atoms with Gasteiger partial charge in [0.05, 0.1) is 12.1 Å². The molecule has 1 aliphatic carbocycles. The second kappa shape index (κ2) is 6.41. The summed E-state index contributed by atoms with van der Waals surface area (Å²) in [5.41, 5.74) is 2.24. The lowest BCUT2D eigenvalue weighted by Crippen LogP contribution is -2.29. The van der Waals surface area contributed by atoms with E-state index in [0.29, 0.717) is 6.04 Å². The molecule has 0 radical (unpaired) electrons. The van der Waals surface area contributed by atoms with Crippen molar-refractivity contribution in [2.24, 2.45) is 0 Å². The Morgan fingerprint density at radius 3 is 2.86 bits per heavy atom. The lowest BCUT2D eigenvalue weighted by Gasteiger charge is -2.22. The van der Waals surface area contributed by atoms with E-state index in [2.05, 4.69) is 29.3 Å². The van der Waals surface area contributed by atoms with Gasteiger partial charge in [0.25, 0.3) is 0 Å². The summed E-state index contributed by atoms with van der Waals surface area (Å²) >= 11 is 0. The van der Waals surface area contributed by atoms with Gasteiger partial charge in [-0.15, -0.1) is 0 Å². The van der Waals surface area contributed by atoms with Crippen LogP contribution in [0, 0.1) is 0 Å². The minimum absolute atomic E-state index is 0.216. The van der Waals surface area contributed by atoms with Crippen molar-refractivity contribution < 1.29 is 5.11 Å². The van der Waals surface area contributed by atoms with Gasteiger partial charge in [-0.3, -0.25) is 4.90 Å². The number of fused-ring (bicyclic) bond motifs is 1. The predicted molar refractivity (Wildman–Crippen MR) is 86.4 cm³/mol. The van der Waals surface area contributed by atoms with E-state index in [4.69, 9.17) is 4.98 Å². The maximum Gasteiger partial charge on any atom is 0.131 e. The van der Waals surface area contributed by atoms with Crippen LogP contribution in [0.5, 0.6) is 0 Å². The fourth-order valence-electron chi connectivity index (χ4n) is 2.78. The Morgan fingerprint density at radius 2 is 2.14 bits per heavy atom. The number of benzene rings is 1. The topological polar surface area (TPSA) is 48.4 Å². The van der Waals surface area contributed by atoms with E-state index in [9.17, 15) is 5.11 Å². The van der Waals surface area contributed by atoms with Crippen molar-refractivity contribution in [3.05, 3.63) is 35.9 Å². The number of aromatic nitrogens is 1. The van der Waals surface area contributed by atoms with Crippen LogP contribution in [0.4, 0.5) is 5.82 Å². The highest BCUT2D eigenvalue weighted by Gasteiger charge is 2.29. The van der Waals surface area contributed by atoms with Crippen molar-refractivity contribution in [1.82, 2.24) is 9.88 Å². The number of para-hydroxylation sites is 1. The second-order valence-corrected chi connectivity index (χ2v) is 5.64. The molecule has 0 amide bonds. The maximum absolute atomic E-state index is 9.26. The van der Waals surface area contributed by atoms with Gasteiger partial charge in [-0.25, -0.2) is 4.98 Å². The van der Waals surface area contributed by atoms with Crippen LogP contribution in [0.1, 0.15) is 25.3 Å². The van der Waals surface area contributed by atoms with Gasteiger partial charge in [0.1, 0.15) is 5.82 Å². The van der Waals surface area contributed by atoms with Crippen molar-refractivity contribution in [3.8, 4) is 0 Å². The summed E-state index contributed by atoms with van der Waals surface area (Å²) in [6.07, 6.45) is 2.50. The predicted octanol–water partition coefficient (Wildman–Crippen LogP) is 2.62. The van der Waals surface area contributed by atoms with Crippen LogP contribution < -0.4 is 5.32 Å². The monoisotopic (exact) mass is 285 g/mol. The van der Waals surface area contributed by atoms with Gasteiger partial charge in [0.2, 0.25) is 0 Å². The molecule has 0 unspecified atom stereocenters. The van der Waals surface area contributed by atoms with Gasteiger partial charge in [-0.1, -0.05) is 18.2 Å². The van der Waals surface area contributed by atoms with Crippen LogP contribution in [-0.2, 0) is 6.54 Å². The summed E-state index contributed by atoms with van der Waals surface area (Å²) < 4.78 is 0. The number of anilines is 1. The Balaban J connectivity index is 1.92. The molecule has 1 aliphatic rings. The second-order valence-electron chi connectivity index (χ2n) is 5.64. The first-order valence-corrected chi connectivity index (χ1v) is 7.79. The van der Waals surface area contributed by atoms with Crippen molar-refractivity contribution in [3.63, 3.8) is 0 Å². The zero-order chi connectivity index (χ0) is 14.7. The number of hydrogen-bond acceptors (Lipinski definition) is 4. The molecule has 1 fully saturated rings. The molecule has 2 aromatic rings. The molecule has 0 spiro atoms. The van der Waals surface area contributed by atoms with Gasteiger partial charge < -0.3 is 10.4 Å². The Labute approximate surface area is 125 Å². The largest absolute Gasteiger partial charge is 0.395 e. The number of rotatable bonds is 7. The molecule has 1 saturated carbocycles. The zero-order valence-corrected chi connectivity index (χ0v) is 12.5. The lowest BCUT2D eigenvalue weighted by molar-refractivity contribution is 0.183. The highest BCUT2D eigenvalue weighted by molar-refractivity contribution is 5.81. The van der Waals surface area contributed by atoms with Crippen molar-refractivity contribution in [2.75, 3.05) is 25.0 Å². The number of hydrogen-bond donors (Lipinski definition) is 2. The average molecular weight is 285 g/mol. The van der Waals surface area contributed by atoms with Crippen molar-refractivity contribution in [2.45, 2.75) is 32.4 Å². The third-order valence-corrected chi connectivity index (χ3v) is 3.97. The van der Waals surface area contributed by atoms with Crippen LogP contribution in [0.25, 0.3) is 10.9 Å². The van der Waals surface area contributed by atoms with Crippen molar-refractivity contribution in [1.29, 1.82) is 0 Å². The van der Waals surface area contributed by atoms with E-state index in [1.807, 2.05) is 18.2 Å². The number of nitrogens with one attached hydrogen (secondary N) is 1. The molecule has 4 nitrogen and oxygen atoms in total. The fraction of sp³-hybridized carbons (Fsp3) is 0.471. The highest BCUT2D eigenvalue weighted by Crippen LogP contribution is 2.30. The first-order chi connectivity index (χ1) is 10.3. The summed E-state index contributed by atoms with van der Waals surface area (Å²) in [6.45, 7) is 4.76. The van der Waals surface area contributed by atoms with Crippen LogP contribution >= 0.6 is 0 Å². The molecule has 0 aliphatic heterocycles. The summed E-state index contributed by atoms with van der Waals surface area (Å²) in [7, 11) is 0. The van der Waals surface area contributed by atoms with Crippen LogP contribution in [0.2, 0.25) is 0 Å². The maximum atomic E-state index is 9.26. The first-order valence-electron chi connectivity index (χ1n) is 7.79. The van der Waals surface area contributed by atoms with Gasteiger partial charge in [-0.2, -0.15) is 0 Å². The molecule has 3 rings (SSSR count). The standard InChI is InChI=1S/C17H23N3O/c1-2-18-17-14(12-20(9-10-21)15-7-8-15)11-13-5-3-4-6-16(13)19-17/h3-6,11,15,21H,2,7-10,12H2,1H3,(H,18,19). The molecule has 0 bridgehead atoms. The number of pyridine rings is 1. The molecule has 4 heteroatoms. The Kier molecular flexibility index (Phi) is 4.36. The minimum atomic E-state index is 0.216. The summed E-state index contributed by atoms with van der Waals surface area (Å²) in [4.78, 5) is 7.13. The molecular formula is C17H23N3O. The van der Waals surface area contributed by atoms with E-state index in [-0.39, 0.29) is 6.61 Å². The smallest absolute Gasteiger partial charge is 0.131 e. The number of aliphatic hydroxyl groups excluding tert-OH is 1. The summed E-state index contributed by atoms with van der Waals surface area (Å²) in [5, 5.41) is 13.8. The third kappa shape index (κ3) is 3.34. The Morgan fingerprint density at radius 1 is 1.33 bits per heavy atom. The van der Waals surface area contributed by atoms with Gasteiger partial charge in [-0.05, 0) is 31.9 Å². The normalized spacial score (nSPS) is 14.8. The first kappa shape index (κ1) is 14.3. The average Bonchev–Trinajstić information content (AvgIpc) is 3.32. The van der Waals surface area contributed by atoms with E-state index < -0.39 is 0 Å². The molecule has 112 valence electrons. The molecular weight excluding hydrogens is 262 g/mol. The van der Waals surface area contributed by atoms with Crippen LogP contribution in [0.3, 0.4) is 0 Å². The van der Waals surface area contributed by atoms with Gasteiger partial charge in [0.15, 0.2) is 0 Å². The molecule has 1 heterocycles. The molecule has 1 aromatic carbocycles. The molecule has 0 saturated heterocycles. The van der Waals surface area contributed by atoms with Gasteiger partial charge in [0, 0.05) is 36.6 Å². The SMILES string of the molecule is CCNc1nc2ccccc2cc1CN(CCO)C1CC1. The molecule has 2 N–H and O–H groups in total. The lowest BCUT2D eigenvalue weighted by atomic mass is 10.1. The quantitative estimate of drug-likeness (QED) is 0.821. The van der Waals surface area contributed by atoms with Crippen LogP contribution in [-0.4, -0.2) is 40.7 Å². The van der Waals surface area contributed by atoms with E-state index in [1.165, 1.54) is 23.8 Å². The zero-order valence-electron chi connectivity index (χ0n) is 12.5. The number of aliphatic hydroxyl groups is 1. The molecule has 21 heavy (non-hydrogen) atoms. The van der Waals surface area contributed by atoms with E-state index >= 15 is 0 Å². The summed E-state index contributed by atoms with van der Waals surface area (Å²) in [5.74, 6) is 0.972. The molecule has 1 aromatic heterocycles. The van der Waals surface area contributed by atoms with Gasteiger partial charge >= 0.3 is 0 Å². The Hall–Kier alpha value is -1.65. The third-order valence-electron chi connectivity index (χ3n) is 3.97. The minimum Gasteiger partial charge on any atom is -0.395 e. The Bertz CT molecular complexity index is 610. The van der Waals surface area contributed by atoms with Crippen LogP contribution in [0.15, 0.2) is 30.3 Å².